The van der Waals surface area contributed by atoms with Crippen LogP contribution >= 0.6 is 0 Å². The predicted molar refractivity (Wildman–Crippen MR) is 73.5 cm³/mol. The largest absolute Gasteiger partial charge is 0.468 e. The van der Waals surface area contributed by atoms with Crippen LogP contribution in [0.1, 0.15) is 22.8 Å². The predicted octanol–water partition coefficient (Wildman–Crippen LogP) is 1.26. The van der Waals surface area contributed by atoms with Crippen molar-refractivity contribution in [3.63, 3.8) is 0 Å². The number of esters is 1. The van der Waals surface area contributed by atoms with Crippen LogP contribution in [0, 0.1) is 0 Å². The second-order valence-electron chi connectivity index (χ2n) is 4.84. The quantitative estimate of drug-likeness (QED) is 0.612. The SMILES string of the molecule is COC(=O)C1COCCN1Cc1ccc(C(C)=O)cc1. The zero-order chi connectivity index (χ0) is 14.5. The molecule has 0 aliphatic carbocycles. The van der Waals surface area contributed by atoms with E-state index in [1.54, 1.807) is 6.92 Å². The number of Topliss-reactive ketones (excluding diaryl/α,β-unsaturated/α-hetero) is 1. The van der Waals surface area contributed by atoms with E-state index in [1.165, 1.54) is 7.11 Å². The first kappa shape index (κ1) is 14.7. The van der Waals surface area contributed by atoms with Crippen LogP contribution in [0.25, 0.3) is 0 Å². The summed E-state index contributed by atoms with van der Waals surface area (Å²) in [5.41, 5.74) is 1.76. The highest BCUT2D eigenvalue weighted by Crippen LogP contribution is 2.14. The molecule has 0 radical (unpaired) electrons. The highest BCUT2D eigenvalue weighted by atomic mass is 16.5. The number of benzene rings is 1. The number of ketones is 1. The van der Waals surface area contributed by atoms with Gasteiger partial charge in [-0.25, -0.2) is 0 Å². The van der Waals surface area contributed by atoms with Gasteiger partial charge in [-0.1, -0.05) is 24.3 Å². The van der Waals surface area contributed by atoms with Crippen LogP contribution in [0.4, 0.5) is 0 Å². The average molecular weight is 277 g/mol. The molecule has 1 saturated heterocycles. The second kappa shape index (κ2) is 6.63. The Morgan fingerprint density at radius 2 is 2.05 bits per heavy atom. The van der Waals surface area contributed by atoms with Gasteiger partial charge in [0, 0.05) is 18.7 Å². The Morgan fingerprint density at radius 3 is 2.65 bits per heavy atom. The van der Waals surface area contributed by atoms with Gasteiger partial charge in [-0.15, -0.1) is 0 Å². The van der Waals surface area contributed by atoms with Gasteiger partial charge in [0.25, 0.3) is 0 Å². The summed E-state index contributed by atoms with van der Waals surface area (Å²) in [4.78, 5) is 25.0. The van der Waals surface area contributed by atoms with E-state index < -0.39 is 0 Å². The van der Waals surface area contributed by atoms with Crippen LogP contribution in [-0.2, 0) is 20.8 Å². The minimum atomic E-state index is -0.360. The van der Waals surface area contributed by atoms with E-state index in [1.807, 2.05) is 29.2 Å². The summed E-state index contributed by atoms with van der Waals surface area (Å²) in [6.07, 6.45) is 0. The van der Waals surface area contributed by atoms with Crippen molar-refractivity contribution in [3.05, 3.63) is 35.4 Å². The lowest BCUT2D eigenvalue weighted by Gasteiger charge is -2.33. The third-order valence-electron chi connectivity index (χ3n) is 3.46. The molecule has 0 saturated carbocycles. The monoisotopic (exact) mass is 277 g/mol. The van der Waals surface area contributed by atoms with E-state index >= 15 is 0 Å². The number of methoxy groups -OCH3 is 1. The molecule has 0 N–H and O–H groups in total. The lowest BCUT2D eigenvalue weighted by atomic mass is 10.1. The van der Waals surface area contributed by atoms with E-state index in [0.717, 1.165) is 5.56 Å². The Morgan fingerprint density at radius 1 is 1.35 bits per heavy atom. The maximum absolute atomic E-state index is 11.7. The van der Waals surface area contributed by atoms with Gasteiger partial charge in [-0.05, 0) is 12.5 Å². The molecule has 0 amide bonds. The Hall–Kier alpha value is -1.72. The van der Waals surface area contributed by atoms with Crippen molar-refractivity contribution in [2.45, 2.75) is 19.5 Å². The summed E-state index contributed by atoms with van der Waals surface area (Å²) < 4.78 is 10.1. The van der Waals surface area contributed by atoms with Crippen molar-refractivity contribution in [2.75, 3.05) is 26.9 Å². The number of carbonyl (C=O) groups is 2. The van der Waals surface area contributed by atoms with Crippen LogP contribution in [0.15, 0.2) is 24.3 Å². The lowest BCUT2D eigenvalue weighted by Crippen LogP contribution is -2.49. The molecule has 1 atom stereocenters. The average Bonchev–Trinajstić information content (AvgIpc) is 2.47. The van der Waals surface area contributed by atoms with Gasteiger partial charge in [-0.2, -0.15) is 0 Å². The maximum Gasteiger partial charge on any atom is 0.325 e. The molecular weight excluding hydrogens is 258 g/mol. The molecule has 1 unspecified atom stereocenters. The molecule has 0 bridgehead atoms. The normalized spacial score (nSPS) is 19.6. The number of hydrogen-bond acceptors (Lipinski definition) is 5. The van der Waals surface area contributed by atoms with E-state index in [2.05, 4.69) is 0 Å². The van der Waals surface area contributed by atoms with Crippen LogP contribution in [0.2, 0.25) is 0 Å². The standard InChI is InChI=1S/C15H19NO4/c1-11(17)13-5-3-12(4-6-13)9-16-7-8-20-10-14(16)15(18)19-2/h3-6,14H,7-10H2,1-2H3. The third-order valence-corrected chi connectivity index (χ3v) is 3.46. The first-order valence-corrected chi connectivity index (χ1v) is 6.61. The number of morpholine rings is 1. The van der Waals surface area contributed by atoms with E-state index in [9.17, 15) is 9.59 Å². The van der Waals surface area contributed by atoms with E-state index in [0.29, 0.717) is 31.9 Å². The molecular formula is C15H19NO4. The lowest BCUT2D eigenvalue weighted by molar-refractivity contribution is -0.153. The van der Waals surface area contributed by atoms with Gasteiger partial charge in [0.05, 0.1) is 20.3 Å². The molecule has 1 aliphatic heterocycles. The van der Waals surface area contributed by atoms with Crippen LogP contribution < -0.4 is 0 Å². The summed E-state index contributed by atoms with van der Waals surface area (Å²) in [5.74, 6) is -0.222. The van der Waals surface area contributed by atoms with Gasteiger partial charge in [0.1, 0.15) is 6.04 Å². The fourth-order valence-electron chi connectivity index (χ4n) is 2.26. The van der Waals surface area contributed by atoms with Gasteiger partial charge in [-0.3, -0.25) is 14.5 Å². The Labute approximate surface area is 118 Å². The van der Waals surface area contributed by atoms with Crippen molar-refractivity contribution < 1.29 is 19.1 Å². The maximum atomic E-state index is 11.7. The highest BCUT2D eigenvalue weighted by molar-refractivity contribution is 5.94. The number of hydrogen-bond donors (Lipinski definition) is 0. The van der Waals surface area contributed by atoms with E-state index in [4.69, 9.17) is 9.47 Å². The molecule has 1 fully saturated rings. The summed E-state index contributed by atoms with van der Waals surface area (Å²) in [6, 6.07) is 7.10. The molecule has 0 aromatic heterocycles. The Kier molecular flexibility index (Phi) is 4.87. The van der Waals surface area contributed by atoms with Gasteiger partial charge in [0.2, 0.25) is 0 Å². The Bertz CT molecular complexity index is 483. The number of carbonyl (C=O) groups excluding carboxylic acids is 2. The summed E-state index contributed by atoms with van der Waals surface area (Å²) >= 11 is 0. The first-order valence-electron chi connectivity index (χ1n) is 6.61. The summed E-state index contributed by atoms with van der Waals surface area (Å²) in [6.45, 7) is 3.84. The fraction of sp³-hybridized carbons (Fsp3) is 0.467. The summed E-state index contributed by atoms with van der Waals surface area (Å²) in [7, 11) is 1.39. The van der Waals surface area contributed by atoms with Crippen molar-refractivity contribution in [1.82, 2.24) is 4.90 Å². The molecule has 5 nitrogen and oxygen atoms in total. The molecule has 1 aromatic rings. The van der Waals surface area contributed by atoms with Crippen LogP contribution in [0.3, 0.4) is 0 Å². The second-order valence-corrected chi connectivity index (χ2v) is 4.84. The number of ether oxygens (including phenoxy) is 2. The minimum absolute atomic E-state index is 0.0513. The van der Waals surface area contributed by atoms with Gasteiger partial charge >= 0.3 is 5.97 Å². The minimum Gasteiger partial charge on any atom is -0.468 e. The van der Waals surface area contributed by atoms with Gasteiger partial charge in [0.15, 0.2) is 5.78 Å². The number of rotatable bonds is 4. The van der Waals surface area contributed by atoms with Gasteiger partial charge < -0.3 is 9.47 Å². The van der Waals surface area contributed by atoms with Crippen molar-refractivity contribution in [1.29, 1.82) is 0 Å². The Balaban J connectivity index is 2.06. The van der Waals surface area contributed by atoms with E-state index in [-0.39, 0.29) is 17.8 Å². The molecule has 1 aliphatic rings. The van der Waals surface area contributed by atoms with Crippen molar-refractivity contribution >= 4 is 11.8 Å². The number of nitrogens with zero attached hydrogens (tertiary/aromatic N) is 1. The zero-order valence-electron chi connectivity index (χ0n) is 11.8. The highest BCUT2D eigenvalue weighted by Gasteiger charge is 2.30. The van der Waals surface area contributed by atoms with Crippen molar-refractivity contribution in [2.24, 2.45) is 0 Å². The molecule has 0 spiro atoms. The topological polar surface area (TPSA) is 55.8 Å². The fourth-order valence-corrected chi connectivity index (χ4v) is 2.26. The first-order chi connectivity index (χ1) is 9.61. The molecule has 2 rings (SSSR count). The molecule has 1 heterocycles. The molecule has 5 heteroatoms. The van der Waals surface area contributed by atoms with Crippen molar-refractivity contribution in [3.8, 4) is 0 Å². The molecule has 1 aromatic carbocycles. The van der Waals surface area contributed by atoms with Crippen LogP contribution in [0.5, 0.6) is 0 Å². The third kappa shape index (κ3) is 3.43. The van der Waals surface area contributed by atoms with Crippen LogP contribution in [-0.4, -0.2) is 49.6 Å². The zero-order valence-corrected chi connectivity index (χ0v) is 11.8. The molecule has 108 valence electrons. The smallest absolute Gasteiger partial charge is 0.325 e. The summed E-state index contributed by atoms with van der Waals surface area (Å²) in [5, 5.41) is 0. The molecule has 20 heavy (non-hydrogen) atoms.